The first-order valence-electron chi connectivity index (χ1n) is 7.45. The van der Waals surface area contributed by atoms with E-state index in [9.17, 15) is 0 Å². The van der Waals surface area contributed by atoms with E-state index in [1.54, 1.807) is 0 Å². The molecule has 110 valence electrons. The predicted molar refractivity (Wildman–Crippen MR) is 91.8 cm³/mol. The lowest BCUT2D eigenvalue weighted by atomic mass is 9.93. The molecule has 0 amide bonds. The van der Waals surface area contributed by atoms with Crippen molar-refractivity contribution in [2.24, 2.45) is 0 Å². The van der Waals surface area contributed by atoms with Crippen LogP contribution in [0.4, 0.5) is 0 Å². The molecule has 0 bridgehead atoms. The summed E-state index contributed by atoms with van der Waals surface area (Å²) < 4.78 is 2.08. The second-order valence-corrected chi connectivity index (χ2v) is 7.01. The van der Waals surface area contributed by atoms with Gasteiger partial charge in [-0.1, -0.05) is 31.4 Å². The third-order valence-electron chi connectivity index (χ3n) is 3.71. The molecule has 0 radical (unpaired) electrons. The van der Waals surface area contributed by atoms with Crippen LogP contribution in [0.3, 0.4) is 0 Å². The number of pyridine rings is 1. The third-order valence-corrected chi connectivity index (χ3v) is 4.78. The Labute approximate surface area is 138 Å². The molecular weight excluding hydrogens is 380 g/mol. The number of nitrogens with one attached hydrogen (secondary N) is 1. The minimum Gasteiger partial charge on any atom is -0.305 e. The Bertz CT molecular complexity index is 472. The van der Waals surface area contributed by atoms with E-state index >= 15 is 0 Å². The van der Waals surface area contributed by atoms with Crippen molar-refractivity contribution in [3.8, 4) is 0 Å². The van der Waals surface area contributed by atoms with Gasteiger partial charge in [0.1, 0.15) is 0 Å². The number of aromatic nitrogens is 1. The summed E-state index contributed by atoms with van der Waals surface area (Å²) in [5.41, 5.74) is 2.60. The summed E-state index contributed by atoms with van der Waals surface area (Å²) >= 11 is 7.14. The molecule has 0 spiro atoms. The average Bonchev–Trinajstić information content (AvgIpc) is 2.37. The molecule has 2 rings (SSSR count). The minimum absolute atomic E-state index is 0.237. The fourth-order valence-corrected chi connectivity index (χ4v) is 3.94. The van der Waals surface area contributed by atoms with Crippen molar-refractivity contribution in [2.75, 3.05) is 6.54 Å². The van der Waals surface area contributed by atoms with Crippen molar-refractivity contribution in [3.05, 3.63) is 38.6 Å². The molecule has 4 heteroatoms. The Morgan fingerprint density at radius 2 is 2.05 bits per heavy atom. The van der Waals surface area contributed by atoms with Crippen LogP contribution in [-0.2, 0) is 0 Å². The lowest BCUT2D eigenvalue weighted by molar-refractivity contribution is 0.544. The predicted octanol–water partition coefficient (Wildman–Crippen LogP) is 5.54. The van der Waals surface area contributed by atoms with Crippen molar-refractivity contribution in [1.82, 2.24) is 10.3 Å². The van der Waals surface area contributed by atoms with E-state index in [0.717, 1.165) is 21.2 Å². The summed E-state index contributed by atoms with van der Waals surface area (Å²) in [6.07, 6.45) is 12.0. The molecule has 0 fully saturated rings. The molecule has 20 heavy (non-hydrogen) atoms. The summed E-state index contributed by atoms with van der Waals surface area (Å²) in [5, 5.41) is 3.60. The van der Waals surface area contributed by atoms with Crippen LogP contribution >= 0.6 is 31.9 Å². The minimum atomic E-state index is 0.237. The van der Waals surface area contributed by atoms with E-state index in [-0.39, 0.29) is 6.04 Å². The van der Waals surface area contributed by atoms with Gasteiger partial charge in [-0.3, -0.25) is 4.98 Å². The van der Waals surface area contributed by atoms with Crippen LogP contribution in [0.1, 0.15) is 57.2 Å². The Kier molecular flexibility index (Phi) is 6.72. The van der Waals surface area contributed by atoms with Gasteiger partial charge in [-0.2, -0.15) is 0 Å². The van der Waals surface area contributed by atoms with E-state index in [2.05, 4.69) is 61.2 Å². The van der Waals surface area contributed by atoms with Crippen LogP contribution < -0.4 is 5.32 Å². The van der Waals surface area contributed by atoms with Crippen LogP contribution in [0.15, 0.2) is 32.9 Å². The standard InChI is InChI=1S/C16H22Br2N2/c1-2-19-15(12-8-6-4-3-5-7-9-12)16-14(18)10-13(17)11-20-16/h8,10-11,15,19H,2-7,9H2,1H3. The van der Waals surface area contributed by atoms with Crippen LogP contribution in [0.2, 0.25) is 0 Å². The van der Waals surface area contributed by atoms with Gasteiger partial charge in [0, 0.05) is 15.1 Å². The van der Waals surface area contributed by atoms with Crippen molar-refractivity contribution in [3.63, 3.8) is 0 Å². The van der Waals surface area contributed by atoms with Gasteiger partial charge in [0.25, 0.3) is 0 Å². The molecule has 0 saturated carbocycles. The van der Waals surface area contributed by atoms with E-state index < -0.39 is 0 Å². The number of rotatable bonds is 4. The molecule has 1 aromatic heterocycles. The Balaban J connectivity index is 2.29. The fraction of sp³-hybridized carbons (Fsp3) is 0.562. The molecule has 0 saturated heterocycles. The molecule has 1 N–H and O–H groups in total. The Hall–Kier alpha value is -0.190. The summed E-state index contributed by atoms with van der Waals surface area (Å²) in [7, 11) is 0. The number of halogens is 2. The number of hydrogen-bond donors (Lipinski definition) is 1. The van der Waals surface area contributed by atoms with Gasteiger partial charge in [-0.05, 0) is 70.2 Å². The van der Waals surface area contributed by atoms with E-state index in [1.807, 2.05) is 6.20 Å². The molecule has 1 unspecified atom stereocenters. The Morgan fingerprint density at radius 1 is 1.25 bits per heavy atom. The lowest BCUT2D eigenvalue weighted by Crippen LogP contribution is -2.24. The zero-order valence-electron chi connectivity index (χ0n) is 12.0. The molecular formula is C16H22Br2N2. The van der Waals surface area contributed by atoms with Crippen LogP contribution in [0, 0.1) is 0 Å². The average molecular weight is 402 g/mol. The van der Waals surface area contributed by atoms with Crippen LogP contribution in [0.5, 0.6) is 0 Å². The van der Waals surface area contributed by atoms with Gasteiger partial charge in [-0.15, -0.1) is 0 Å². The molecule has 1 aromatic rings. The zero-order valence-corrected chi connectivity index (χ0v) is 15.1. The van der Waals surface area contributed by atoms with Crippen molar-refractivity contribution in [1.29, 1.82) is 0 Å². The SMILES string of the molecule is CCNC(C1=CCCCCCC1)c1ncc(Br)cc1Br. The fourth-order valence-electron chi connectivity index (χ4n) is 2.72. The summed E-state index contributed by atoms with van der Waals surface area (Å²) in [4.78, 5) is 4.63. The summed E-state index contributed by atoms with van der Waals surface area (Å²) in [5.74, 6) is 0. The van der Waals surface area contributed by atoms with Gasteiger partial charge >= 0.3 is 0 Å². The number of hydrogen-bond acceptors (Lipinski definition) is 2. The maximum absolute atomic E-state index is 4.63. The largest absolute Gasteiger partial charge is 0.305 e. The Morgan fingerprint density at radius 3 is 2.80 bits per heavy atom. The summed E-state index contributed by atoms with van der Waals surface area (Å²) in [6.45, 7) is 3.11. The third kappa shape index (κ3) is 4.40. The second-order valence-electron chi connectivity index (χ2n) is 5.24. The maximum atomic E-state index is 4.63. The monoisotopic (exact) mass is 400 g/mol. The van der Waals surface area contributed by atoms with Crippen molar-refractivity contribution >= 4 is 31.9 Å². The van der Waals surface area contributed by atoms with Gasteiger partial charge in [-0.25, -0.2) is 0 Å². The first-order chi connectivity index (χ1) is 9.72. The van der Waals surface area contributed by atoms with Gasteiger partial charge in [0.05, 0.1) is 11.7 Å². The molecule has 1 aliphatic rings. The molecule has 1 heterocycles. The van der Waals surface area contributed by atoms with Crippen LogP contribution in [0.25, 0.3) is 0 Å². The molecule has 2 nitrogen and oxygen atoms in total. The lowest BCUT2D eigenvalue weighted by Gasteiger charge is -2.23. The first kappa shape index (κ1) is 16.2. The number of nitrogens with zero attached hydrogens (tertiary/aromatic N) is 1. The number of allylic oxidation sites excluding steroid dienone is 1. The van der Waals surface area contributed by atoms with Gasteiger partial charge < -0.3 is 5.32 Å². The maximum Gasteiger partial charge on any atom is 0.0757 e. The normalized spacial score (nSPS) is 18.1. The highest BCUT2D eigenvalue weighted by Gasteiger charge is 2.20. The summed E-state index contributed by atoms with van der Waals surface area (Å²) in [6, 6.07) is 2.32. The quantitative estimate of drug-likeness (QED) is 0.670. The van der Waals surface area contributed by atoms with Crippen molar-refractivity contribution < 1.29 is 0 Å². The van der Waals surface area contributed by atoms with E-state index in [1.165, 1.54) is 44.1 Å². The second kappa shape index (κ2) is 8.30. The molecule has 1 aliphatic carbocycles. The van der Waals surface area contributed by atoms with Crippen LogP contribution in [-0.4, -0.2) is 11.5 Å². The van der Waals surface area contributed by atoms with Gasteiger partial charge in [0.15, 0.2) is 0 Å². The highest BCUT2D eigenvalue weighted by Crippen LogP contribution is 2.32. The molecule has 0 aromatic carbocycles. The smallest absolute Gasteiger partial charge is 0.0757 e. The number of likely N-dealkylation sites (N-methyl/N-ethyl adjacent to an activating group) is 1. The highest BCUT2D eigenvalue weighted by molar-refractivity contribution is 9.11. The molecule has 0 aliphatic heterocycles. The zero-order chi connectivity index (χ0) is 14.4. The topological polar surface area (TPSA) is 24.9 Å². The van der Waals surface area contributed by atoms with E-state index in [0.29, 0.717) is 0 Å². The van der Waals surface area contributed by atoms with Gasteiger partial charge in [0.2, 0.25) is 0 Å². The highest BCUT2D eigenvalue weighted by atomic mass is 79.9. The first-order valence-corrected chi connectivity index (χ1v) is 9.04. The molecule has 1 atom stereocenters. The van der Waals surface area contributed by atoms with Crippen molar-refractivity contribution in [2.45, 2.75) is 51.5 Å². The van der Waals surface area contributed by atoms with E-state index in [4.69, 9.17) is 0 Å².